The van der Waals surface area contributed by atoms with Gasteiger partial charge in [0, 0.05) is 12.7 Å². The Kier molecular flexibility index (Phi) is 6.76. The van der Waals surface area contributed by atoms with Crippen LogP contribution in [0.4, 0.5) is 0 Å². The highest BCUT2D eigenvalue weighted by Gasteiger charge is 2.24. The maximum Gasteiger partial charge on any atom is 0.340 e. The molecule has 0 spiro atoms. The molecule has 4 aromatic rings. The summed E-state index contributed by atoms with van der Waals surface area (Å²) in [5, 5.41) is 13.7. The molecule has 4 rings (SSSR count). The molecule has 0 aliphatic heterocycles. The number of fused-ring (bicyclic) bond motifs is 1. The van der Waals surface area contributed by atoms with Gasteiger partial charge in [0.25, 0.3) is 11.4 Å². The lowest BCUT2D eigenvalue weighted by molar-refractivity contribution is 0.341. The van der Waals surface area contributed by atoms with Gasteiger partial charge in [-0.15, -0.1) is 0 Å². The summed E-state index contributed by atoms with van der Waals surface area (Å²) < 4.78 is 38.7. The lowest BCUT2D eigenvalue weighted by Crippen LogP contribution is -2.14. The predicted octanol–water partition coefficient (Wildman–Crippen LogP) is 3.02. The second kappa shape index (κ2) is 9.79. The van der Waals surface area contributed by atoms with Gasteiger partial charge in [0.05, 0.1) is 17.9 Å². The number of benzene rings is 1. The molecule has 1 aromatic carbocycles. The zero-order chi connectivity index (χ0) is 26.0. The molecule has 3 aromatic heterocycles. The van der Waals surface area contributed by atoms with E-state index in [1.54, 1.807) is 27.0 Å². The van der Waals surface area contributed by atoms with E-state index in [1.807, 2.05) is 13.0 Å². The summed E-state index contributed by atoms with van der Waals surface area (Å²) in [6, 6.07) is 8.97. The smallest absolute Gasteiger partial charge is 0.340 e. The SMILES string of the molecule is CCCc1nn(C)c2c(=O)[nH]c(-c3cc(S(=O)(=O)Oc4nc(C)ccc4C#N)ccc3OCC)nc12. The van der Waals surface area contributed by atoms with Gasteiger partial charge >= 0.3 is 10.1 Å². The van der Waals surface area contributed by atoms with E-state index in [1.165, 1.54) is 28.9 Å². The highest BCUT2D eigenvalue weighted by atomic mass is 32.2. The van der Waals surface area contributed by atoms with E-state index in [4.69, 9.17) is 8.92 Å². The Morgan fingerprint density at radius 3 is 2.64 bits per heavy atom. The second-order valence-corrected chi connectivity index (χ2v) is 9.52. The number of aryl methyl sites for hydroxylation is 3. The summed E-state index contributed by atoms with van der Waals surface area (Å²) in [6.07, 6.45) is 1.43. The van der Waals surface area contributed by atoms with Crippen LogP contribution >= 0.6 is 0 Å². The summed E-state index contributed by atoms with van der Waals surface area (Å²) in [7, 11) is -2.73. The molecule has 0 saturated heterocycles. The first kappa shape index (κ1) is 24.9. The number of rotatable bonds is 8. The van der Waals surface area contributed by atoms with Crippen molar-refractivity contribution in [3.8, 4) is 29.1 Å². The minimum Gasteiger partial charge on any atom is -0.493 e. The summed E-state index contributed by atoms with van der Waals surface area (Å²) >= 11 is 0. The van der Waals surface area contributed by atoms with Crippen LogP contribution in [0.25, 0.3) is 22.4 Å². The first-order valence-electron chi connectivity index (χ1n) is 11.2. The monoisotopic (exact) mass is 508 g/mol. The molecule has 12 heteroatoms. The molecule has 3 heterocycles. The van der Waals surface area contributed by atoms with Crippen molar-refractivity contribution >= 4 is 21.2 Å². The molecule has 0 unspecified atom stereocenters. The van der Waals surface area contributed by atoms with Crippen LogP contribution in [-0.2, 0) is 23.6 Å². The van der Waals surface area contributed by atoms with E-state index in [9.17, 15) is 18.5 Å². The molecule has 0 amide bonds. The van der Waals surface area contributed by atoms with Crippen molar-refractivity contribution in [1.29, 1.82) is 5.26 Å². The Balaban J connectivity index is 1.87. The Morgan fingerprint density at radius 2 is 1.94 bits per heavy atom. The van der Waals surface area contributed by atoms with Gasteiger partial charge in [-0.1, -0.05) is 13.3 Å². The Hall–Kier alpha value is -4.24. The zero-order valence-corrected chi connectivity index (χ0v) is 21.0. The van der Waals surface area contributed by atoms with Crippen LogP contribution in [0.15, 0.2) is 40.0 Å². The molecule has 186 valence electrons. The van der Waals surface area contributed by atoms with Crippen molar-refractivity contribution in [2.45, 2.75) is 38.5 Å². The highest BCUT2D eigenvalue weighted by molar-refractivity contribution is 7.87. The van der Waals surface area contributed by atoms with Gasteiger partial charge in [0.1, 0.15) is 33.6 Å². The van der Waals surface area contributed by atoms with E-state index in [0.717, 1.165) is 6.42 Å². The summed E-state index contributed by atoms with van der Waals surface area (Å²) in [5.74, 6) is 0.136. The van der Waals surface area contributed by atoms with Crippen molar-refractivity contribution < 1.29 is 17.3 Å². The average molecular weight is 509 g/mol. The van der Waals surface area contributed by atoms with Gasteiger partial charge in [-0.3, -0.25) is 9.48 Å². The molecule has 0 aliphatic carbocycles. The van der Waals surface area contributed by atoms with Gasteiger partial charge in [-0.2, -0.15) is 18.8 Å². The largest absolute Gasteiger partial charge is 0.493 e. The van der Waals surface area contributed by atoms with Crippen molar-refractivity contribution in [2.75, 3.05) is 6.61 Å². The number of H-pyrrole nitrogens is 1. The van der Waals surface area contributed by atoms with Gasteiger partial charge < -0.3 is 13.9 Å². The molecule has 0 saturated carbocycles. The first-order valence-corrected chi connectivity index (χ1v) is 12.6. The Labute approximate surface area is 207 Å². The number of pyridine rings is 1. The van der Waals surface area contributed by atoms with E-state index in [2.05, 4.69) is 20.1 Å². The molecule has 0 atom stereocenters. The van der Waals surface area contributed by atoms with Crippen molar-refractivity contribution in [1.82, 2.24) is 24.7 Å². The number of ether oxygens (including phenoxy) is 1. The van der Waals surface area contributed by atoms with Crippen LogP contribution in [0.5, 0.6) is 11.6 Å². The summed E-state index contributed by atoms with van der Waals surface area (Å²) in [6.45, 7) is 5.73. The van der Waals surface area contributed by atoms with E-state index in [0.29, 0.717) is 41.2 Å². The minimum absolute atomic E-state index is 0.0215. The fraction of sp³-hybridized carbons (Fsp3) is 0.292. The number of nitrogens with zero attached hydrogens (tertiary/aromatic N) is 5. The maximum absolute atomic E-state index is 13.1. The predicted molar refractivity (Wildman–Crippen MR) is 131 cm³/mol. The van der Waals surface area contributed by atoms with Gasteiger partial charge in [0.2, 0.25) is 0 Å². The number of nitriles is 1. The van der Waals surface area contributed by atoms with Crippen LogP contribution in [0.3, 0.4) is 0 Å². The molecule has 0 aliphatic rings. The van der Waals surface area contributed by atoms with Gasteiger partial charge in [0.15, 0.2) is 5.52 Å². The highest BCUT2D eigenvalue weighted by Crippen LogP contribution is 2.32. The quantitative estimate of drug-likeness (QED) is 0.354. The van der Waals surface area contributed by atoms with Gasteiger partial charge in [-0.25, -0.2) is 9.97 Å². The lowest BCUT2D eigenvalue weighted by atomic mass is 10.1. The van der Waals surface area contributed by atoms with Gasteiger partial charge in [-0.05, 0) is 50.6 Å². The van der Waals surface area contributed by atoms with E-state index in [-0.39, 0.29) is 27.7 Å². The molecule has 11 nitrogen and oxygen atoms in total. The van der Waals surface area contributed by atoms with Crippen LogP contribution in [0.1, 0.15) is 37.2 Å². The summed E-state index contributed by atoms with van der Waals surface area (Å²) in [5.41, 5.74) is 1.73. The standard InChI is InChI=1S/C24H24N6O5S/c1-5-7-18-20-21(30(4)29-18)23(31)28-22(27-20)17-12-16(10-11-19(17)34-6-2)36(32,33)35-24-15(13-25)9-8-14(3)26-24/h8-12H,5-7H2,1-4H3,(H,27,28,31). The summed E-state index contributed by atoms with van der Waals surface area (Å²) in [4.78, 5) is 24.1. The van der Waals surface area contributed by atoms with Crippen molar-refractivity contribution in [3.05, 3.63) is 57.6 Å². The molecule has 0 radical (unpaired) electrons. The third-order valence-electron chi connectivity index (χ3n) is 5.35. The molecular formula is C24H24N6O5S. The number of aromatic nitrogens is 5. The van der Waals surface area contributed by atoms with Crippen LogP contribution in [0.2, 0.25) is 0 Å². The number of nitrogens with one attached hydrogen (secondary N) is 1. The lowest BCUT2D eigenvalue weighted by Gasteiger charge is -2.13. The Morgan fingerprint density at radius 1 is 1.17 bits per heavy atom. The molecule has 36 heavy (non-hydrogen) atoms. The normalized spacial score (nSPS) is 11.4. The third kappa shape index (κ3) is 4.65. The van der Waals surface area contributed by atoms with E-state index < -0.39 is 15.7 Å². The molecule has 1 N–H and O–H groups in total. The second-order valence-electron chi connectivity index (χ2n) is 7.98. The van der Waals surface area contributed by atoms with Crippen LogP contribution in [-0.4, -0.2) is 39.8 Å². The molecular weight excluding hydrogens is 484 g/mol. The maximum atomic E-state index is 13.1. The van der Waals surface area contributed by atoms with Crippen molar-refractivity contribution in [2.24, 2.45) is 7.05 Å². The average Bonchev–Trinajstić information content (AvgIpc) is 3.15. The first-order chi connectivity index (χ1) is 17.2. The minimum atomic E-state index is -4.40. The third-order valence-corrected chi connectivity index (χ3v) is 6.56. The number of hydrogen-bond acceptors (Lipinski definition) is 9. The fourth-order valence-corrected chi connectivity index (χ4v) is 4.67. The zero-order valence-electron chi connectivity index (χ0n) is 20.2. The van der Waals surface area contributed by atoms with E-state index >= 15 is 0 Å². The van der Waals surface area contributed by atoms with Crippen LogP contribution < -0.4 is 14.5 Å². The van der Waals surface area contributed by atoms with Crippen molar-refractivity contribution in [3.63, 3.8) is 0 Å². The Bertz CT molecular complexity index is 1670. The molecule has 0 fully saturated rings. The number of hydrogen-bond donors (Lipinski definition) is 1. The number of aromatic amines is 1. The fourth-order valence-electron chi connectivity index (χ4n) is 3.74. The molecule has 0 bridgehead atoms. The van der Waals surface area contributed by atoms with Crippen LogP contribution in [0, 0.1) is 18.3 Å². The topological polar surface area (TPSA) is 153 Å².